The smallest absolute Gasteiger partial charge is 0.306 e. The van der Waals surface area contributed by atoms with Crippen molar-refractivity contribution in [3.63, 3.8) is 0 Å². The molecule has 0 heterocycles. The number of allylic oxidation sites excluding steroid dienone is 30. The number of carbonyl (C=O) groups is 3. The molecule has 0 saturated carbocycles. The van der Waals surface area contributed by atoms with Gasteiger partial charge in [0.2, 0.25) is 0 Å². The summed E-state index contributed by atoms with van der Waals surface area (Å²) in [7, 11) is 0. The first-order chi connectivity index (χ1) is 39.5. The Morgan fingerprint density at radius 2 is 0.487 bits per heavy atom. The molecule has 0 bridgehead atoms. The van der Waals surface area contributed by atoms with E-state index in [0.717, 1.165) is 167 Å². The van der Waals surface area contributed by atoms with Gasteiger partial charge in [-0.1, -0.05) is 267 Å². The predicted octanol–water partition coefficient (Wildman–Crippen LogP) is 22.0. The van der Waals surface area contributed by atoms with Gasteiger partial charge in [0.05, 0.1) is 0 Å². The number of carbonyl (C=O) groups excluding carboxylic acids is 3. The monoisotopic (exact) mass is 1100 g/mol. The largest absolute Gasteiger partial charge is 0.462 e. The van der Waals surface area contributed by atoms with Gasteiger partial charge < -0.3 is 14.2 Å². The van der Waals surface area contributed by atoms with Crippen molar-refractivity contribution in [2.75, 3.05) is 13.2 Å². The maximum Gasteiger partial charge on any atom is 0.306 e. The lowest BCUT2D eigenvalue weighted by Crippen LogP contribution is -2.30. The third-order valence-electron chi connectivity index (χ3n) is 12.7. The van der Waals surface area contributed by atoms with Gasteiger partial charge in [0.15, 0.2) is 6.10 Å². The minimum Gasteiger partial charge on any atom is -0.462 e. The second kappa shape index (κ2) is 66.0. The van der Waals surface area contributed by atoms with Crippen LogP contribution in [0.4, 0.5) is 0 Å². The van der Waals surface area contributed by atoms with Crippen molar-refractivity contribution in [1.82, 2.24) is 0 Å². The van der Waals surface area contributed by atoms with Gasteiger partial charge in [-0.25, -0.2) is 0 Å². The Morgan fingerprint density at radius 3 is 0.775 bits per heavy atom. The van der Waals surface area contributed by atoms with Gasteiger partial charge in [-0.3, -0.25) is 14.4 Å². The second-order valence-corrected chi connectivity index (χ2v) is 20.2. The number of ether oxygens (including phenoxy) is 3. The molecule has 0 amide bonds. The number of unbranched alkanes of at least 4 members (excludes halogenated alkanes) is 14. The zero-order valence-electron chi connectivity index (χ0n) is 51.0. The summed E-state index contributed by atoms with van der Waals surface area (Å²) >= 11 is 0. The van der Waals surface area contributed by atoms with Crippen LogP contribution in [0.15, 0.2) is 182 Å². The molecule has 0 rings (SSSR count). The van der Waals surface area contributed by atoms with Gasteiger partial charge in [0.25, 0.3) is 0 Å². The highest BCUT2D eigenvalue weighted by atomic mass is 16.6. The summed E-state index contributed by atoms with van der Waals surface area (Å²) in [6.07, 6.45) is 99.1. The minimum atomic E-state index is -0.814. The Labute approximate surface area is 491 Å². The highest BCUT2D eigenvalue weighted by molar-refractivity contribution is 5.71. The molecule has 0 aromatic rings. The van der Waals surface area contributed by atoms with E-state index < -0.39 is 6.10 Å². The predicted molar refractivity (Wildman–Crippen MR) is 348 cm³/mol. The van der Waals surface area contributed by atoms with Crippen LogP contribution in [0.25, 0.3) is 0 Å². The first kappa shape index (κ1) is 74.5. The van der Waals surface area contributed by atoms with Crippen LogP contribution >= 0.6 is 0 Å². The molecule has 0 aromatic heterocycles. The molecule has 446 valence electrons. The molecule has 0 N–H and O–H groups in total. The molecule has 80 heavy (non-hydrogen) atoms. The van der Waals surface area contributed by atoms with E-state index in [4.69, 9.17) is 14.2 Å². The summed E-state index contributed by atoms with van der Waals surface area (Å²) in [5, 5.41) is 0. The van der Waals surface area contributed by atoms with Crippen LogP contribution in [-0.4, -0.2) is 37.2 Å². The number of hydrogen-bond acceptors (Lipinski definition) is 6. The van der Waals surface area contributed by atoms with Crippen LogP contribution in [0.3, 0.4) is 0 Å². The average Bonchev–Trinajstić information content (AvgIpc) is 3.46. The van der Waals surface area contributed by atoms with E-state index >= 15 is 0 Å². The van der Waals surface area contributed by atoms with E-state index in [2.05, 4.69) is 203 Å². The summed E-state index contributed by atoms with van der Waals surface area (Å²) in [4.78, 5) is 38.1. The number of esters is 3. The molecule has 0 aliphatic heterocycles. The summed E-state index contributed by atoms with van der Waals surface area (Å²) in [5.74, 6) is -0.979. The highest BCUT2D eigenvalue weighted by Crippen LogP contribution is 2.13. The summed E-state index contributed by atoms with van der Waals surface area (Å²) in [5.41, 5.74) is 0. The third kappa shape index (κ3) is 63.3. The van der Waals surface area contributed by atoms with Crippen molar-refractivity contribution in [2.24, 2.45) is 0 Å². The number of hydrogen-bond donors (Lipinski definition) is 0. The summed E-state index contributed by atoms with van der Waals surface area (Å²) in [6, 6.07) is 0. The van der Waals surface area contributed by atoms with Gasteiger partial charge >= 0.3 is 17.9 Å². The standard InChI is InChI=1S/C74H114O6/c1-4-7-10-13-16-19-21-23-25-27-29-30-31-32-33-34-35-36-37-38-39-40-41-42-43-44-46-47-49-51-53-55-58-61-64-67-73(76)79-70-71(69-78-72(75)66-63-60-57-18-15-12-9-6-3)80-74(77)68-65-62-59-56-54-52-50-48-45-28-26-24-22-20-17-14-11-8-5-2/h7-8,10-11,16-17,19-20,23-26,29-30,32-33,35-36,38-39,41-42,44-46,48-49,51-52,54,71H,4-6,9,12-15,18,21-22,27-28,31,34,37,40,43,47,50,53,55-70H2,1-3H3/b10-7-,11-8-,19-16-,20-17-,25-23-,26-24-,30-29-,33-32-,36-35-,39-38-,42-41-,46-44-,48-45-,51-49-,54-52-. The Hall–Kier alpha value is -5.49. The molecule has 6 heteroatoms. The van der Waals surface area contributed by atoms with Gasteiger partial charge in [0, 0.05) is 19.3 Å². The topological polar surface area (TPSA) is 78.9 Å². The van der Waals surface area contributed by atoms with Crippen molar-refractivity contribution in [3.05, 3.63) is 182 Å². The van der Waals surface area contributed by atoms with Crippen molar-refractivity contribution in [3.8, 4) is 0 Å². The van der Waals surface area contributed by atoms with Gasteiger partial charge in [-0.15, -0.1) is 0 Å². The zero-order chi connectivity index (χ0) is 57.8. The molecule has 6 nitrogen and oxygen atoms in total. The van der Waals surface area contributed by atoms with E-state index in [1.54, 1.807) is 0 Å². The zero-order valence-corrected chi connectivity index (χ0v) is 51.0. The fraction of sp³-hybridized carbons (Fsp3) is 0.554. The Kier molecular flexibility index (Phi) is 61.5. The number of rotatable bonds is 55. The van der Waals surface area contributed by atoms with Crippen molar-refractivity contribution in [2.45, 2.75) is 252 Å². The minimum absolute atomic E-state index is 0.107. The molecule has 1 unspecified atom stereocenters. The van der Waals surface area contributed by atoms with E-state index in [-0.39, 0.29) is 37.5 Å². The average molecular weight is 1100 g/mol. The second-order valence-electron chi connectivity index (χ2n) is 20.2. The Morgan fingerprint density at radius 1 is 0.263 bits per heavy atom. The molecule has 0 aliphatic rings. The maximum atomic E-state index is 12.8. The van der Waals surface area contributed by atoms with Crippen LogP contribution in [-0.2, 0) is 28.6 Å². The van der Waals surface area contributed by atoms with Crippen LogP contribution in [0.1, 0.15) is 245 Å². The lowest BCUT2D eigenvalue weighted by atomic mass is 10.1. The van der Waals surface area contributed by atoms with Gasteiger partial charge in [0.1, 0.15) is 13.2 Å². The van der Waals surface area contributed by atoms with Crippen molar-refractivity contribution in [1.29, 1.82) is 0 Å². The van der Waals surface area contributed by atoms with Crippen LogP contribution in [0.5, 0.6) is 0 Å². The lowest BCUT2D eigenvalue weighted by Gasteiger charge is -2.18. The Bertz CT molecular complexity index is 1890. The van der Waals surface area contributed by atoms with Crippen molar-refractivity contribution >= 4 is 17.9 Å². The summed E-state index contributed by atoms with van der Waals surface area (Å²) < 4.78 is 16.8. The van der Waals surface area contributed by atoms with Crippen LogP contribution in [0.2, 0.25) is 0 Å². The molecular formula is C74H114O6. The third-order valence-corrected chi connectivity index (χ3v) is 12.7. The SMILES string of the molecule is CC/C=C\C/C=C\C/C=C\C/C=C\C/C=C\C/C=C\C/C=C\C/C=C\C/C=C\C/C=C\CCCCCCC(=O)OCC(COC(=O)CCCCCCCCCC)OC(=O)CCCCC/C=C\C/C=C\C/C=C\C/C=C\C/C=C\CC. The van der Waals surface area contributed by atoms with Crippen LogP contribution in [0, 0.1) is 0 Å². The lowest BCUT2D eigenvalue weighted by molar-refractivity contribution is -0.167. The van der Waals surface area contributed by atoms with E-state index in [0.29, 0.717) is 19.3 Å². The van der Waals surface area contributed by atoms with Crippen LogP contribution < -0.4 is 0 Å². The first-order valence-electron chi connectivity index (χ1n) is 31.8. The van der Waals surface area contributed by atoms with Crippen molar-refractivity contribution < 1.29 is 28.6 Å². The summed E-state index contributed by atoms with van der Waals surface area (Å²) in [6.45, 7) is 6.31. The fourth-order valence-corrected chi connectivity index (χ4v) is 7.97. The quantitative estimate of drug-likeness (QED) is 0.0261. The fourth-order valence-electron chi connectivity index (χ4n) is 7.97. The first-order valence-corrected chi connectivity index (χ1v) is 31.8. The maximum absolute atomic E-state index is 12.8. The Balaban J connectivity index is 4.30. The molecule has 0 aliphatic carbocycles. The highest BCUT2D eigenvalue weighted by Gasteiger charge is 2.19. The van der Waals surface area contributed by atoms with E-state index in [1.807, 2.05) is 0 Å². The van der Waals surface area contributed by atoms with E-state index in [1.165, 1.54) is 32.1 Å². The normalized spacial score (nSPS) is 13.4. The van der Waals surface area contributed by atoms with E-state index in [9.17, 15) is 14.4 Å². The molecule has 1 atom stereocenters. The molecule has 0 aromatic carbocycles. The van der Waals surface area contributed by atoms with Gasteiger partial charge in [-0.05, 0) is 141 Å². The molecule has 0 saturated heterocycles. The molecule has 0 spiro atoms. The molecule has 0 fully saturated rings. The van der Waals surface area contributed by atoms with Gasteiger partial charge in [-0.2, -0.15) is 0 Å². The molecular weight excluding hydrogens is 985 g/mol. The molecule has 0 radical (unpaired) electrons.